The third-order valence-electron chi connectivity index (χ3n) is 3.44. The predicted molar refractivity (Wildman–Crippen MR) is 92.7 cm³/mol. The van der Waals surface area contributed by atoms with Crippen LogP contribution in [0.15, 0.2) is 43.0 Å². The van der Waals surface area contributed by atoms with Gasteiger partial charge in [-0.15, -0.1) is 5.10 Å². The molecule has 10 nitrogen and oxygen atoms in total. The molecule has 11 heteroatoms. The van der Waals surface area contributed by atoms with Crippen LogP contribution in [-0.4, -0.2) is 35.4 Å². The third kappa shape index (κ3) is 4.63. The summed E-state index contributed by atoms with van der Waals surface area (Å²) in [5.41, 5.74) is 0.880. The molecule has 0 aliphatic rings. The largest absolute Gasteiger partial charge is 0.306 e. The van der Waals surface area contributed by atoms with Gasteiger partial charge in [0.1, 0.15) is 18.7 Å². The van der Waals surface area contributed by atoms with Crippen LogP contribution in [0.1, 0.15) is 12.0 Å². The van der Waals surface area contributed by atoms with E-state index >= 15 is 0 Å². The molecule has 3 rings (SSSR count). The maximum atomic E-state index is 11.9. The minimum atomic E-state index is -0.541. The number of halogens is 1. The quantitative estimate of drug-likeness (QED) is 0.498. The second-order valence-electron chi connectivity index (χ2n) is 5.41. The number of hydrogen-bond donors (Lipinski definition) is 1. The van der Waals surface area contributed by atoms with E-state index in [1.165, 1.54) is 17.2 Å². The molecule has 1 aromatic carbocycles. The monoisotopic (exact) mass is 375 g/mol. The number of carbonyl (C=O) groups is 1. The Balaban J connectivity index is 1.50. The summed E-state index contributed by atoms with van der Waals surface area (Å²) in [6, 6.07) is 7.34. The summed E-state index contributed by atoms with van der Waals surface area (Å²) in [6.07, 6.45) is 4.01. The topological polar surface area (TPSA) is 121 Å². The van der Waals surface area contributed by atoms with E-state index in [9.17, 15) is 14.9 Å². The highest BCUT2D eigenvalue weighted by Crippen LogP contribution is 2.11. The van der Waals surface area contributed by atoms with Gasteiger partial charge in [0.15, 0.2) is 0 Å². The lowest BCUT2D eigenvalue weighted by Gasteiger charge is -2.02. The lowest BCUT2D eigenvalue weighted by atomic mass is 10.2. The van der Waals surface area contributed by atoms with Gasteiger partial charge in [0.05, 0.1) is 11.5 Å². The van der Waals surface area contributed by atoms with Crippen molar-refractivity contribution in [3.05, 3.63) is 63.7 Å². The molecule has 134 valence electrons. The Kier molecular flexibility index (Phi) is 5.23. The third-order valence-corrected chi connectivity index (χ3v) is 3.70. The smallest absolute Gasteiger partial charge is 0.293 e. The molecule has 0 saturated heterocycles. The molecule has 0 atom stereocenters. The van der Waals surface area contributed by atoms with Crippen LogP contribution in [0.2, 0.25) is 5.02 Å². The van der Waals surface area contributed by atoms with Crippen molar-refractivity contribution in [1.82, 2.24) is 24.5 Å². The summed E-state index contributed by atoms with van der Waals surface area (Å²) in [5.74, 6) is -0.122. The fraction of sp³-hybridized carbons (Fsp3) is 0.200. The number of rotatable bonds is 7. The zero-order valence-electron chi connectivity index (χ0n) is 13.4. The van der Waals surface area contributed by atoms with Crippen molar-refractivity contribution in [2.75, 3.05) is 5.32 Å². The fourth-order valence-electron chi connectivity index (χ4n) is 2.18. The van der Waals surface area contributed by atoms with Crippen LogP contribution in [-0.2, 0) is 17.9 Å². The Hall–Kier alpha value is -3.27. The molecule has 0 aliphatic heterocycles. The molecule has 0 spiro atoms. The van der Waals surface area contributed by atoms with E-state index in [4.69, 9.17) is 11.6 Å². The average molecular weight is 376 g/mol. The van der Waals surface area contributed by atoms with Gasteiger partial charge in [-0.2, -0.15) is 5.10 Å². The van der Waals surface area contributed by atoms with Gasteiger partial charge < -0.3 is 0 Å². The fourth-order valence-corrected chi connectivity index (χ4v) is 2.30. The summed E-state index contributed by atoms with van der Waals surface area (Å²) < 4.78 is 2.93. The van der Waals surface area contributed by atoms with Gasteiger partial charge in [-0.1, -0.05) is 23.7 Å². The number of nitrogens with one attached hydrogen (secondary N) is 1. The molecule has 1 N–H and O–H groups in total. The van der Waals surface area contributed by atoms with Gasteiger partial charge in [-0.25, -0.2) is 9.67 Å². The molecule has 2 heterocycles. The van der Waals surface area contributed by atoms with Crippen molar-refractivity contribution in [2.24, 2.45) is 0 Å². The van der Waals surface area contributed by atoms with Gasteiger partial charge >= 0.3 is 5.69 Å². The number of aromatic nitrogens is 5. The SMILES string of the molecule is O=C(CCn1cc([N+](=O)[O-])cn1)Nc1ncn(Cc2ccc(Cl)cc2)n1. The second-order valence-corrected chi connectivity index (χ2v) is 5.85. The summed E-state index contributed by atoms with van der Waals surface area (Å²) in [4.78, 5) is 26.0. The first-order valence-corrected chi connectivity index (χ1v) is 7.98. The number of nitro groups is 1. The average Bonchev–Trinajstić information content (AvgIpc) is 3.25. The Morgan fingerprint density at radius 1 is 1.27 bits per heavy atom. The van der Waals surface area contributed by atoms with Crippen molar-refractivity contribution in [3.8, 4) is 0 Å². The first-order valence-electron chi connectivity index (χ1n) is 7.60. The van der Waals surface area contributed by atoms with Crippen molar-refractivity contribution in [1.29, 1.82) is 0 Å². The van der Waals surface area contributed by atoms with Gasteiger partial charge in [0, 0.05) is 18.0 Å². The zero-order valence-corrected chi connectivity index (χ0v) is 14.2. The number of hydrogen-bond acceptors (Lipinski definition) is 6. The molecule has 1 amide bonds. The summed E-state index contributed by atoms with van der Waals surface area (Å²) >= 11 is 5.85. The van der Waals surface area contributed by atoms with Crippen LogP contribution in [0.3, 0.4) is 0 Å². The number of carbonyl (C=O) groups excluding carboxylic acids is 1. The maximum Gasteiger partial charge on any atom is 0.306 e. The standard InChI is InChI=1S/C15H14ClN7O3/c16-12-3-1-11(2-4-12)8-22-10-17-15(20-22)19-14(24)5-6-21-9-13(7-18-21)23(25)26/h1-4,7,9-10H,5-6,8H2,(H,19,20,24). The molecule has 2 aromatic heterocycles. The lowest BCUT2D eigenvalue weighted by Crippen LogP contribution is -2.16. The van der Waals surface area contributed by atoms with Crippen molar-refractivity contribution < 1.29 is 9.72 Å². The van der Waals surface area contributed by atoms with Crippen molar-refractivity contribution in [2.45, 2.75) is 19.5 Å². The highest BCUT2D eigenvalue weighted by molar-refractivity contribution is 6.30. The van der Waals surface area contributed by atoms with E-state index in [-0.39, 0.29) is 30.5 Å². The van der Waals surface area contributed by atoms with Crippen LogP contribution >= 0.6 is 11.6 Å². The minimum absolute atomic E-state index is 0.0879. The molecule has 0 saturated carbocycles. The normalized spacial score (nSPS) is 10.7. The first kappa shape index (κ1) is 17.5. The number of nitrogens with zero attached hydrogens (tertiary/aromatic N) is 6. The van der Waals surface area contributed by atoms with Gasteiger partial charge in [-0.05, 0) is 17.7 Å². The number of amides is 1. The highest BCUT2D eigenvalue weighted by Gasteiger charge is 2.11. The van der Waals surface area contributed by atoms with E-state index in [0.29, 0.717) is 11.6 Å². The van der Waals surface area contributed by atoms with Crippen LogP contribution in [0.5, 0.6) is 0 Å². The van der Waals surface area contributed by atoms with Crippen LogP contribution in [0.4, 0.5) is 11.6 Å². The van der Waals surface area contributed by atoms with E-state index in [0.717, 1.165) is 11.8 Å². The predicted octanol–water partition coefficient (Wildman–Crippen LogP) is 2.11. The lowest BCUT2D eigenvalue weighted by molar-refractivity contribution is -0.385. The van der Waals surface area contributed by atoms with E-state index in [1.54, 1.807) is 16.8 Å². The molecule has 0 radical (unpaired) electrons. The van der Waals surface area contributed by atoms with E-state index < -0.39 is 4.92 Å². The Morgan fingerprint density at radius 2 is 2.04 bits per heavy atom. The molecule has 26 heavy (non-hydrogen) atoms. The molecule has 0 bridgehead atoms. The zero-order chi connectivity index (χ0) is 18.5. The first-order chi connectivity index (χ1) is 12.5. The Morgan fingerprint density at radius 3 is 2.73 bits per heavy atom. The van der Waals surface area contributed by atoms with Crippen molar-refractivity contribution >= 4 is 29.1 Å². The number of anilines is 1. The molecule has 0 unspecified atom stereocenters. The Bertz CT molecular complexity index is 919. The molecule has 0 aliphatic carbocycles. The van der Waals surface area contributed by atoms with Crippen LogP contribution < -0.4 is 5.32 Å². The van der Waals surface area contributed by atoms with Crippen molar-refractivity contribution in [3.63, 3.8) is 0 Å². The van der Waals surface area contributed by atoms with E-state index in [1.807, 2.05) is 12.1 Å². The molecular formula is C15H14ClN7O3. The van der Waals surface area contributed by atoms with Gasteiger partial charge in [-0.3, -0.25) is 24.9 Å². The minimum Gasteiger partial charge on any atom is -0.293 e. The van der Waals surface area contributed by atoms with E-state index in [2.05, 4.69) is 20.5 Å². The van der Waals surface area contributed by atoms with Crippen LogP contribution in [0, 0.1) is 10.1 Å². The molecule has 0 fully saturated rings. The molecule has 3 aromatic rings. The summed E-state index contributed by atoms with van der Waals surface area (Å²) in [7, 11) is 0. The number of benzene rings is 1. The van der Waals surface area contributed by atoms with Gasteiger partial charge in [0.2, 0.25) is 11.9 Å². The number of aryl methyl sites for hydroxylation is 1. The second kappa shape index (κ2) is 7.74. The van der Waals surface area contributed by atoms with Gasteiger partial charge in [0.25, 0.3) is 0 Å². The Labute approximate surface area is 152 Å². The summed E-state index contributed by atoms with van der Waals surface area (Å²) in [5, 5.41) is 21.8. The molecular weight excluding hydrogens is 362 g/mol. The summed E-state index contributed by atoms with van der Waals surface area (Å²) in [6.45, 7) is 0.710. The van der Waals surface area contributed by atoms with Crippen LogP contribution in [0.25, 0.3) is 0 Å². The highest BCUT2D eigenvalue weighted by atomic mass is 35.5. The maximum absolute atomic E-state index is 11.9.